The molecule has 5 rings (SSSR count). The Morgan fingerprint density at radius 1 is 0.946 bits per heavy atom. The van der Waals surface area contributed by atoms with Crippen LogP contribution in [0.3, 0.4) is 0 Å². The molecule has 0 bridgehead atoms. The lowest BCUT2D eigenvalue weighted by molar-refractivity contribution is 0.0945. The molecule has 190 valence electrons. The number of carbonyl (C=O) groups excluding carboxylic acids is 1. The highest BCUT2D eigenvalue weighted by molar-refractivity contribution is 5.98. The summed E-state index contributed by atoms with van der Waals surface area (Å²) < 4.78 is 12.6. The Morgan fingerprint density at radius 2 is 1.76 bits per heavy atom. The fraction of sp³-hybridized carbons (Fsp3) is 0.276. The fourth-order valence-electron chi connectivity index (χ4n) is 5.02. The van der Waals surface area contributed by atoms with Crippen molar-refractivity contribution in [2.75, 3.05) is 27.3 Å². The number of ether oxygens (including phenoxy) is 2. The minimum absolute atomic E-state index is 0.163. The lowest BCUT2D eigenvalue weighted by atomic mass is 10.1. The van der Waals surface area contributed by atoms with Gasteiger partial charge in [-0.3, -0.25) is 19.5 Å². The van der Waals surface area contributed by atoms with Gasteiger partial charge in [0.25, 0.3) is 11.5 Å². The third-order valence-electron chi connectivity index (χ3n) is 6.89. The number of hydrogen-bond donors (Lipinski definition) is 1. The summed E-state index contributed by atoms with van der Waals surface area (Å²) in [6, 6.07) is 19.2. The van der Waals surface area contributed by atoms with Crippen molar-refractivity contribution in [3.05, 3.63) is 99.6 Å². The monoisotopic (exact) mass is 498 g/mol. The Labute approximate surface area is 215 Å². The van der Waals surface area contributed by atoms with Crippen LogP contribution >= 0.6 is 0 Å². The summed E-state index contributed by atoms with van der Waals surface area (Å²) in [6.07, 6.45) is 2.35. The molecule has 8 heteroatoms. The number of nitrogens with zero attached hydrogens (tertiary/aromatic N) is 3. The minimum atomic E-state index is -0.278. The summed E-state index contributed by atoms with van der Waals surface area (Å²) in [6.45, 7) is 2.92. The van der Waals surface area contributed by atoms with Crippen LogP contribution in [0.15, 0.2) is 71.7 Å². The molecular formula is C29H30N4O4. The predicted octanol–water partition coefficient (Wildman–Crippen LogP) is 3.40. The third kappa shape index (κ3) is 5.06. The predicted molar refractivity (Wildman–Crippen MR) is 142 cm³/mol. The van der Waals surface area contributed by atoms with E-state index in [1.54, 1.807) is 17.9 Å². The van der Waals surface area contributed by atoms with Gasteiger partial charge in [-0.25, -0.2) is 0 Å². The normalized spacial score (nSPS) is 13.6. The zero-order valence-electron chi connectivity index (χ0n) is 21.1. The van der Waals surface area contributed by atoms with Gasteiger partial charge in [0, 0.05) is 68.1 Å². The van der Waals surface area contributed by atoms with Crippen LogP contribution in [0.25, 0.3) is 10.9 Å². The highest BCUT2D eigenvalue weighted by atomic mass is 16.5. The number of benzene rings is 2. The number of para-hydroxylation sites is 1. The standard InChI is InChI=1S/C29H30N4O4/c1-36-25-11-4-3-7-20(25)18-31-29(35)28-24-12-14-32(15-16-33(24)27(34)17-26(28)37-2)19-21-8-5-10-23-22(21)9-6-13-30-23/h3-11,13,17H,12,14-16,18-19H2,1-2H3,(H,31,35). The fourth-order valence-corrected chi connectivity index (χ4v) is 5.02. The van der Waals surface area contributed by atoms with Crippen molar-refractivity contribution in [3.63, 3.8) is 0 Å². The van der Waals surface area contributed by atoms with E-state index in [0.29, 0.717) is 55.4 Å². The first kappa shape index (κ1) is 24.5. The molecule has 1 amide bonds. The van der Waals surface area contributed by atoms with Crippen molar-refractivity contribution < 1.29 is 14.3 Å². The Bertz CT molecular complexity index is 1490. The minimum Gasteiger partial charge on any atom is -0.496 e. The first-order valence-electron chi connectivity index (χ1n) is 12.3. The van der Waals surface area contributed by atoms with Crippen molar-refractivity contribution in [3.8, 4) is 11.5 Å². The highest BCUT2D eigenvalue weighted by Crippen LogP contribution is 2.25. The van der Waals surface area contributed by atoms with Crippen LogP contribution in [0, 0.1) is 0 Å². The molecule has 0 spiro atoms. The molecule has 0 unspecified atom stereocenters. The zero-order valence-corrected chi connectivity index (χ0v) is 21.1. The molecule has 0 fully saturated rings. The number of pyridine rings is 2. The van der Waals surface area contributed by atoms with Crippen molar-refractivity contribution in [1.82, 2.24) is 19.8 Å². The van der Waals surface area contributed by atoms with Crippen LogP contribution < -0.4 is 20.3 Å². The lowest BCUT2D eigenvalue weighted by Gasteiger charge is -2.20. The summed E-state index contributed by atoms with van der Waals surface area (Å²) >= 11 is 0. The smallest absolute Gasteiger partial charge is 0.257 e. The molecule has 0 radical (unpaired) electrons. The van der Waals surface area contributed by atoms with E-state index < -0.39 is 0 Å². The van der Waals surface area contributed by atoms with Crippen LogP contribution in [-0.2, 0) is 26.1 Å². The van der Waals surface area contributed by atoms with Crippen LogP contribution in [-0.4, -0.2) is 47.7 Å². The molecule has 0 atom stereocenters. The summed E-state index contributed by atoms with van der Waals surface area (Å²) in [7, 11) is 3.09. The molecule has 1 aliphatic rings. The van der Waals surface area contributed by atoms with Gasteiger partial charge in [-0.1, -0.05) is 36.4 Å². The summed E-state index contributed by atoms with van der Waals surface area (Å²) in [5.74, 6) is 0.722. The van der Waals surface area contributed by atoms with Crippen LogP contribution in [0.4, 0.5) is 0 Å². The number of amides is 1. The van der Waals surface area contributed by atoms with E-state index in [1.807, 2.05) is 42.5 Å². The maximum absolute atomic E-state index is 13.4. The van der Waals surface area contributed by atoms with E-state index in [9.17, 15) is 9.59 Å². The lowest BCUT2D eigenvalue weighted by Crippen LogP contribution is -2.31. The van der Waals surface area contributed by atoms with Crippen molar-refractivity contribution in [2.45, 2.75) is 26.1 Å². The largest absolute Gasteiger partial charge is 0.496 e. The first-order valence-corrected chi connectivity index (χ1v) is 12.3. The third-order valence-corrected chi connectivity index (χ3v) is 6.89. The van der Waals surface area contributed by atoms with Gasteiger partial charge in [0.05, 0.1) is 19.7 Å². The van der Waals surface area contributed by atoms with Gasteiger partial charge in [-0.2, -0.15) is 0 Å². The van der Waals surface area contributed by atoms with Gasteiger partial charge in [0.2, 0.25) is 0 Å². The van der Waals surface area contributed by atoms with Gasteiger partial charge in [0.15, 0.2) is 0 Å². The molecule has 37 heavy (non-hydrogen) atoms. The first-order chi connectivity index (χ1) is 18.1. The number of hydrogen-bond acceptors (Lipinski definition) is 6. The van der Waals surface area contributed by atoms with E-state index in [1.165, 1.54) is 18.7 Å². The number of carbonyl (C=O) groups is 1. The van der Waals surface area contributed by atoms with Gasteiger partial charge >= 0.3 is 0 Å². The van der Waals surface area contributed by atoms with Gasteiger partial charge in [0.1, 0.15) is 17.1 Å². The zero-order chi connectivity index (χ0) is 25.8. The Morgan fingerprint density at radius 3 is 2.59 bits per heavy atom. The van der Waals surface area contributed by atoms with E-state index in [4.69, 9.17) is 9.47 Å². The van der Waals surface area contributed by atoms with Gasteiger partial charge in [-0.05, 0) is 23.8 Å². The second-order valence-corrected chi connectivity index (χ2v) is 9.03. The maximum Gasteiger partial charge on any atom is 0.257 e. The van der Waals surface area contributed by atoms with Gasteiger partial charge in [-0.15, -0.1) is 0 Å². The second-order valence-electron chi connectivity index (χ2n) is 9.03. The number of nitrogens with one attached hydrogen (secondary N) is 1. The number of aromatic nitrogens is 2. The SMILES string of the molecule is COc1ccccc1CNC(=O)c1c(OC)cc(=O)n2c1CCN(Cc1cccc3ncccc13)CC2. The quantitative estimate of drug-likeness (QED) is 0.420. The van der Waals surface area contributed by atoms with Crippen molar-refractivity contribution in [2.24, 2.45) is 0 Å². The summed E-state index contributed by atoms with van der Waals surface area (Å²) in [5.41, 5.74) is 3.97. The average Bonchev–Trinajstić information content (AvgIpc) is 3.15. The van der Waals surface area contributed by atoms with Crippen LogP contribution in [0.1, 0.15) is 27.2 Å². The van der Waals surface area contributed by atoms with E-state index in [-0.39, 0.29) is 11.5 Å². The molecule has 4 aromatic rings. The molecule has 0 saturated carbocycles. The Hall–Kier alpha value is -4.17. The molecule has 8 nitrogen and oxygen atoms in total. The number of fused-ring (bicyclic) bond motifs is 2. The molecule has 2 aromatic carbocycles. The molecule has 0 aliphatic carbocycles. The maximum atomic E-state index is 13.4. The molecule has 0 saturated heterocycles. The summed E-state index contributed by atoms with van der Waals surface area (Å²) in [4.78, 5) is 33.2. The van der Waals surface area contributed by atoms with E-state index in [2.05, 4.69) is 27.3 Å². The topological polar surface area (TPSA) is 85.7 Å². The van der Waals surface area contributed by atoms with Gasteiger partial charge < -0.3 is 19.4 Å². The molecular weight excluding hydrogens is 468 g/mol. The molecule has 1 N–H and O–H groups in total. The van der Waals surface area contributed by atoms with E-state index >= 15 is 0 Å². The highest BCUT2D eigenvalue weighted by Gasteiger charge is 2.25. The Kier molecular flexibility index (Phi) is 7.18. The molecule has 3 heterocycles. The average molecular weight is 499 g/mol. The molecule has 1 aliphatic heterocycles. The second kappa shape index (κ2) is 10.8. The van der Waals surface area contributed by atoms with Crippen molar-refractivity contribution in [1.29, 1.82) is 0 Å². The van der Waals surface area contributed by atoms with Crippen LogP contribution in [0.5, 0.6) is 11.5 Å². The molecule has 2 aromatic heterocycles. The van der Waals surface area contributed by atoms with E-state index in [0.717, 1.165) is 23.0 Å². The van der Waals surface area contributed by atoms with Crippen molar-refractivity contribution >= 4 is 16.8 Å². The van der Waals surface area contributed by atoms with Crippen LogP contribution in [0.2, 0.25) is 0 Å². The Balaban J connectivity index is 1.40. The summed E-state index contributed by atoms with van der Waals surface area (Å²) in [5, 5.41) is 4.12. The number of rotatable bonds is 7. The number of methoxy groups -OCH3 is 2.